The van der Waals surface area contributed by atoms with Crippen molar-refractivity contribution >= 4 is 11.9 Å². The smallest absolute Gasteiger partial charge is 0.877 e. The first-order chi connectivity index (χ1) is 10.7. The largest absolute Gasteiger partial charge is 1.00 e. The Morgan fingerprint density at radius 2 is 1.17 bits per heavy atom. The van der Waals surface area contributed by atoms with Gasteiger partial charge in [0.25, 0.3) is 0 Å². The third-order valence-corrected chi connectivity index (χ3v) is 3.34. The van der Waals surface area contributed by atoms with Gasteiger partial charge in [-0.3, -0.25) is 0 Å². The minimum absolute atomic E-state index is 0. The molecule has 0 aromatic heterocycles. The molecular weight excluding hydrogens is 307 g/mol. The third-order valence-electron chi connectivity index (χ3n) is 3.34. The van der Waals surface area contributed by atoms with E-state index in [-0.39, 0.29) is 35.8 Å². The molecule has 0 saturated carbocycles. The van der Waals surface area contributed by atoms with Crippen LogP contribution in [0.5, 0.6) is 0 Å². The molecular formula is C17H11NaO5. The summed E-state index contributed by atoms with van der Waals surface area (Å²) in [6.07, 6.45) is 0.143. The molecule has 1 aliphatic heterocycles. The first-order valence-electron chi connectivity index (χ1n) is 6.57. The van der Waals surface area contributed by atoms with Crippen LogP contribution in [0.25, 0.3) is 0 Å². The molecule has 5 nitrogen and oxygen atoms in total. The summed E-state index contributed by atoms with van der Waals surface area (Å²) >= 11 is 0. The standard InChI is InChI=1S/C17H12O5.Na/c18-11-14-15(19)21-17(22-16(14)20,12-7-3-1-4-8-12)13-9-5-2-6-10-13;/h1-11,18H;/q;+1/p-1. The van der Waals surface area contributed by atoms with Gasteiger partial charge in [0.05, 0.1) is 0 Å². The minimum Gasteiger partial charge on any atom is -0.877 e. The van der Waals surface area contributed by atoms with Crippen LogP contribution in [0.2, 0.25) is 0 Å². The quantitative estimate of drug-likeness (QED) is 0.215. The van der Waals surface area contributed by atoms with Gasteiger partial charge >= 0.3 is 47.3 Å². The van der Waals surface area contributed by atoms with Crippen molar-refractivity contribution in [3.63, 3.8) is 0 Å². The van der Waals surface area contributed by atoms with Crippen LogP contribution in [-0.2, 0) is 24.8 Å². The average Bonchev–Trinajstić information content (AvgIpc) is 2.56. The maximum absolute atomic E-state index is 12.0. The second-order valence-electron chi connectivity index (χ2n) is 4.66. The second kappa shape index (κ2) is 7.00. The van der Waals surface area contributed by atoms with Gasteiger partial charge in [-0.2, -0.15) is 0 Å². The Kier molecular flexibility index (Phi) is 5.26. The first kappa shape index (κ1) is 17.3. The molecule has 2 aromatic rings. The molecule has 1 saturated heterocycles. The number of rotatable bonds is 2. The number of hydrogen-bond donors (Lipinski definition) is 0. The van der Waals surface area contributed by atoms with Crippen molar-refractivity contribution < 1.29 is 53.7 Å². The van der Waals surface area contributed by atoms with Gasteiger partial charge in [-0.05, 0) is 0 Å². The van der Waals surface area contributed by atoms with Gasteiger partial charge in [-0.15, -0.1) is 6.26 Å². The maximum Gasteiger partial charge on any atom is 1.00 e. The molecule has 0 N–H and O–H groups in total. The van der Waals surface area contributed by atoms with Gasteiger partial charge in [-0.25, -0.2) is 9.59 Å². The summed E-state index contributed by atoms with van der Waals surface area (Å²) in [5.41, 5.74) is 0.309. The molecule has 6 heteroatoms. The van der Waals surface area contributed by atoms with E-state index in [1.807, 2.05) is 0 Å². The molecule has 0 radical (unpaired) electrons. The molecule has 1 aliphatic rings. The molecule has 1 heterocycles. The van der Waals surface area contributed by atoms with Crippen LogP contribution in [0.3, 0.4) is 0 Å². The fourth-order valence-corrected chi connectivity index (χ4v) is 2.29. The number of carbonyl (C=O) groups is 2. The number of ether oxygens (including phenoxy) is 2. The third kappa shape index (κ3) is 3.03. The molecule has 110 valence electrons. The van der Waals surface area contributed by atoms with E-state index in [0.717, 1.165) is 0 Å². The second-order valence-corrected chi connectivity index (χ2v) is 4.66. The number of carbonyl (C=O) groups excluding carboxylic acids is 2. The molecule has 2 aromatic carbocycles. The van der Waals surface area contributed by atoms with Gasteiger partial charge < -0.3 is 14.6 Å². The van der Waals surface area contributed by atoms with Crippen LogP contribution in [-0.4, -0.2) is 11.9 Å². The molecule has 0 unspecified atom stereocenters. The molecule has 0 bridgehead atoms. The monoisotopic (exact) mass is 318 g/mol. The van der Waals surface area contributed by atoms with Crippen molar-refractivity contribution in [2.24, 2.45) is 0 Å². The van der Waals surface area contributed by atoms with Gasteiger partial charge in [-0.1, -0.05) is 60.7 Å². The molecule has 0 atom stereocenters. The van der Waals surface area contributed by atoms with Crippen molar-refractivity contribution in [1.29, 1.82) is 0 Å². The summed E-state index contributed by atoms with van der Waals surface area (Å²) in [7, 11) is 0. The topological polar surface area (TPSA) is 75.7 Å². The average molecular weight is 318 g/mol. The van der Waals surface area contributed by atoms with E-state index in [1.54, 1.807) is 60.7 Å². The van der Waals surface area contributed by atoms with Crippen LogP contribution in [0.15, 0.2) is 72.5 Å². The summed E-state index contributed by atoms with van der Waals surface area (Å²) in [6.45, 7) is 0. The predicted molar refractivity (Wildman–Crippen MR) is 73.9 cm³/mol. The fraction of sp³-hybridized carbons (Fsp3) is 0.0588. The number of esters is 2. The van der Waals surface area contributed by atoms with Crippen LogP contribution in [0, 0.1) is 0 Å². The summed E-state index contributed by atoms with van der Waals surface area (Å²) in [5.74, 6) is -3.69. The first-order valence-corrected chi connectivity index (χ1v) is 6.57. The van der Waals surface area contributed by atoms with E-state index in [2.05, 4.69) is 0 Å². The van der Waals surface area contributed by atoms with Crippen molar-refractivity contribution in [3.05, 3.63) is 83.6 Å². The van der Waals surface area contributed by atoms with E-state index in [4.69, 9.17) is 9.47 Å². The van der Waals surface area contributed by atoms with E-state index >= 15 is 0 Å². The van der Waals surface area contributed by atoms with Crippen molar-refractivity contribution in [1.82, 2.24) is 0 Å². The number of benzene rings is 2. The zero-order valence-electron chi connectivity index (χ0n) is 12.4. The molecule has 1 fully saturated rings. The minimum atomic E-state index is -1.69. The Morgan fingerprint density at radius 1 is 0.783 bits per heavy atom. The Bertz CT molecular complexity index is 679. The Balaban J connectivity index is 0.00000192. The summed E-state index contributed by atoms with van der Waals surface area (Å²) in [6, 6.07) is 17.2. The zero-order valence-corrected chi connectivity index (χ0v) is 14.4. The number of hydrogen-bond acceptors (Lipinski definition) is 5. The van der Waals surface area contributed by atoms with Crippen LogP contribution in [0.1, 0.15) is 11.1 Å². The molecule has 3 rings (SSSR count). The van der Waals surface area contributed by atoms with Crippen LogP contribution >= 0.6 is 0 Å². The Labute approximate surface area is 154 Å². The maximum atomic E-state index is 12.0. The van der Waals surface area contributed by atoms with Crippen molar-refractivity contribution in [2.75, 3.05) is 0 Å². The van der Waals surface area contributed by atoms with Gasteiger partial charge in [0.1, 0.15) is 5.57 Å². The summed E-state index contributed by atoms with van der Waals surface area (Å²) < 4.78 is 10.7. The Hall–Kier alpha value is -2.08. The normalized spacial score (nSPS) is 15.9. The molecule has 23 heavy (non-hydrogen) atoms. The SMILES string of the molecule is O=C1OC(c2ccccc2)(c2ccccc2)OC(=O)C1=C[O-].[Na+]. The zero-order chi connectivity index (χ0) is 15.6. The fourth-order valence-electron chi connectivity index (χ4n) is 2.29. The van der Waals surface area contributed by atoms with Crippen LogP contribution < -0.4 is 34.7 Å². The van der Waals surface area contributed by atoms with E-state index in [1.165, 1.54) is 0 Å². The van der Waals surface area contributed by atoms with Gasteiger partial charge in [0.2, 0.25) is 0 Å². The van der Waals surface area contributed by atoms with Crippen LogP contribution in [0.4, 0.5) is 0 Å². The van der Waals surface area contributed by atoms with E-state index < -0.39 is 23.3 Å². The molecule has 0 spiro atoms. The summed E-state index contributed by atoms with van der Waals surface area (Å²) in [4.78, 5) is 24.0. The molecule has 0 amide bonds. The Morgan fingerprint density at radius 3 is 1.52 bits per heavy atom. The van der Waals surface area contributed by atoms with Gasteiger partial charge in [0.15, 0.2) is 0 Å². The number of cyclic esters (lactones) is 2. The van der Waals surface area contributed by atoms with E-state index in [9.17, 15) is 14.7 Å². The van der Waals surface area contributed by atoms with Crippen molar-refractivity contribution in [2.45, 2.75) is 5.79 Å². The van der Waals surface area contributed by atoms with E-state index in [0.29, 0.717) is 11.1 Å². The van der Waals surface area contributed by atoms with Crippen molar-refractivity contribution in [3.8, 4) is 0 Å². The van der Waals surface area contributed by atoms with Gasteiger partial charge in [0, 0.05) is 11.1 Å². The summed E-state index contributed by atoms with van der Waals surface area (Å²) in [5, 5.41) is 10.8. The predicted octanol–water partition coefficient (Wildman–Crippen LogP) is -1.76. The molecule has 0 aliphatic carbocycles.